The Morgan fingerprint density at radius 3 is 2.24 bits per heavy atom. The molecule has 1 aliphatic carbocycles. The first-order chi connectivity index (χ1) is 15.4. The van der Waals surface area contributed by atoms with Crippen LogP contribution in [0.5, 0.6) is 5.75 Å². The highest BCUT2D eigenvalue weighted by atomic mass is 32.2. The second-order valence-corrected chi connectivity index (χ2v) is 11.7. The Kier molecular flexibility index (Phi) is 5.94. The number of hydrogen-bond acceptors (Lipinski definition) is 4. The number of rotatable bonds is 3. The molecule has 0 saturated carbocycles. The molecule has 0 aromatic heterocycles. The predicted molar refractivity (Wildman–Crippen MR) is 135 cm³/mol. The van der Waals surface area contributed by atoms with E-state index in [9.17, 15) is 9.18 Å². The molecule has 1 aliphatic heterocycles. The molecule has 2 aromatic carbocycles. The average molecular weight is 488 g/mol. The van der Waals surface area contributed by atoms with E-state index in [0.29, 0.717) is 5.56 Å². The molecule has 1 amide bonds. The number of carbonyl (C=O) groups excluding carboxylic acids is 1. The Hall–Kier alpha value is -2.25. The minimum atomic E-state index is -0.802. The van der Waals surface area contributed by atoms with E-state index in [1.807, 2.05) is 13.0 Å². The van der Waals surface area contributed by atoms with Crippen molar-refractivity contribution < 1.29 is 18.3 Å². The van der Waals surface area contributed by atoms with Crippen molar-refractivity contribution in [2.75, 3.05) is 7.11 Å². The molecule has 1 heterocycles. The minimum absolute atomic E-state index is 0.0145. The zero-order valence-electron chi connectivity index (χ0n) is 19.6. The van der Waals surface area contributed by atoms with Gasteiger partial charge in [0, 0.05) is 11.6 Å². The molecule has 0 atom stereocenters. The summed E-state index contributed by atoms with van der Waals surface area (Å²) in [7, 11) is 1.40. The fourth-order valence-electron chi connectivity index (χ4n) is 4.70. The maximum atomic E-state index is 16.0. The van der Waals surface area contributed by atoms with Crippen LogP contribution in [0.3, 0.4) is 0 Å². The van der Waals surface area contributed by atoms with E-state index in [1.165, 1.54) is 30.4 Å². The molecule has 4 rings (SSSR count). The summed E-state index contributed by atoms with van der Waals surface area (Å²) in [6.07, 6.45) is 3.30. The number of aryl methyl sites for hydroxylation is 1. The summed E-state index contributed by atoms with van der Waals surface area (Å²) < 4.78 is 36.6. The van der Waals surface area contributed by atoms with Gasteiger partial charge in [-0.15, -0.1) is 0 Å². The Morgan fingerprint density at radius 1 is 1.09 bits per heavy atom. The lowest BCUT2D eigenvalue weighted by Gasteiger charge is -2.42. The van der Waals surface area contributed by atoms with Gasteiger partial charge in [0.15, 0.2) is 0 Å². The molecule has 33 heavy (non-hydrogen) atoms. The van der Waals surface area contributed by atoms with Crippen molar-refractivity contribution >= 4 is 40.3 Å². The number of halogens is 2. The first-order valence-electron chi connectivity index (χ1n) is 10.8. The van der Waals surface area contributed by atoms with E-state index in [2.05, 4.69) is 39.1 Å². The lowest BCUT2D eigenvalue weighted by molar-refractivity contribution is -0.115. The standard InChI is InChI=1S/C26H27F2NO2S2/c1-13-9-16-17(26(4,5)8-7-25(16,2)3)10-14(13)21-19(31-6)12-18(27)15(22(21)28)11-20-23(30)29-24(32)33-20/h9-12H,7-8H2,1-6H3,(H,29,30,32). The SMILES string of the molecule is COc1cc(F)c(C=C2SC(=S)NC2=O)c(F)c1-c1cc2c(cc1C)C(C)(C)CCC2(C)C. The van der Waals surface area contributed by atoms with Crippen molar-refractivity contribution in [2.45, 2.75) is 58.3 Å². The van der Waals surface area contributed by atoms with Gasteiger partial charge in [-0.1, -0.05) is 57.7 Å². The van der Waals surface area contributed by atoms with Crippen molar-refractivity contribution in [3.05, 3.63) is 57.0 Å². The Labute approximate surface area is 203 Å². The molecule has 1 saturated heterocycles. The van der Waals surface area contributed by atoms with Crippen molar-refractivity contribution in [3.8, 4) is 16.9 Å². The molecule has 174 valence electrons. The summed E-state index contributed by atoms with van der Waals surface area (Å²) in [5.41, 5.74) is 3.82. The quantitative estimate of drug-likeness (QED) is 0.382. The largest absolute Gasteiger partial charge is 0.496 e. The van der Waals surface area contributed by atoms with Crippen LogP contribution < -0.4 is 10.1 Å². The van der Waals surface area contributed by atoms with Crippen molar-refractivity contribution in [1.82, 2.24) is 5.32 Å². The lowest BCUT2D eigenvalue weighted by Crippen LogP contribution is -2.34. The number of fused-ring (bicyclic) bond motifs is 1. The van der Waals surface area contributed by atoms with Gasteiger partial charge >= 0.3 is 0 Å². The third-order valence-electron chi connectivity index (χ3n) is 6.82. The van der Waals surface area contributed by atoms with Crippen LogP contribution in [0.4, 0.5) is 8.78 Å². The Morgan fingerprint density at radius 2 is 1.70 bits per heavy atom. The third kappa shape index (κ3) is 4.10. The van der Waals surface area contributed by atoms with Crippen LogP contribution in [-0.2, 0) is 15.6 Å². The molecule has 2 aliphatic rings. The van der Waals surface area contributed by atoms with Crippen molar-refractivity contribution in [1.29, 1.82) is 0 Å². The van der Waals surface area contributed by atoms with Crippen LogP contribution in [0.2, 0.25) is 0 Å². The zero-order valence-corrected chi connectivity index (χ0v) is 21.2. The van der Waals surface area contributed by atoms with Gasteiger partial charge in [-0.3, -0.25) is 4.79 Å². The fourth-order valence-corrected chi connectivity index (χ4v) is 5.73. The molecule has 0 spiro atoms. The van der Waals surface area contributed by atoms with Gasteiger partial charge in [0.05, 0.1) is 17.6 Å². The highest BCUT2D eigenvalue weighted by Gasteiger charge is 2.38. The van der Waals surface area contributed by atoms with Crippen LogP contribution >= 0.6 is 24.0 Å². The van der Waals surface area contributed by atoms with Crippen LogP contribution in [0, 0.1) is 18.6 Å². The van der Waals surface area contributed by atoms with Gasteiger partial charge in [-0.2, -0.15) is 0 Å². The second kappa shape index (κ2) is 8.20. The summed E-state index contributed by atoms with van der Waals surface area (Å²) in [5.74, 6) is -1.91. The summed E-state index contributed by atoms with van der Waals surface area (Å²) in [4.78, 5) is 12.2. The van der Waals surface area contributed by atoms with E-state index in [0.717, 1.165) is 30.2 Å². The highest BCUT2D eigenvalue weighted by Crippen LogP contribution is 2.49. The summed E-state index contributed by atoms with van der Waals surface area (Å²) in [6, 6.07) is 5.34. The van der Waals surface area contributed by atoms with Gasteiger partial charge in [0.25, 0.3) is 5.91 Å². The van der Waals surface area contributed by atoms with Gasteiger partial charge in [0.2, 0.25) is 0 Å². The Balaban J connectivity index is 1.98. The number of benzene rings is 2. The van der Waals surface area contributed by atoms with Gasteiger partial charge in [-0.25, -0.2) is 8.78 Å². The van der Waals surface area contributed by atoms with Gasteiger partial charge in [-0.05, 0) is 65.0 Å². The van der Waals surface area contributed by atoms with E-state index in [-0.39, 0.29) is 36.9 Å². The average Bonchev–Trinajstić information content (AvgIpc) is 3.05. The van der Waals surface area contributed by atoms with Gasteiger partial charge < -0.3 is 10.1 Å². The zero-order chi connectivity index (χ0) is 24.3. The number of ether oxygens (including phenoxy) is 1. The second-order valence-electron chi connectivity index (χ2n) is 10.00. The van der Waals surface area contributed by atoms with Crippen molar-refractivity contribution in [2.24, 2.45) is 0 Å². The van der Waals surface area contributed by atoms with Gasteiger partial charge in [0.1, 0.15) is 21.7 Å². The first kappa shape index (κ1) is 23.9. The molecule has 3 nitrogen and oxygen atoms in total. The number of hydrogen-bond donors (Lipinski definition) is 1. The molecular weight excluding hydrogens is 460 g/mol. The molecule has 0 bridgehead atoms. The summed E-state index contributed by atoms with van der Waals surface area (Å²) in [6.45, 7) is 10.8. The smallest absolute Gasteiger partial charge is 0.263 e. The van der Waals surface area contributed by atoms with Crippen molar-refractivity contribution in [3.63, 3.8) is 0 Å². The van der Waals surface area contributed by atoms with E-state index in [4.69, 9.17) is 17.0 Å². The van der Waals surface area contributed by atoms with Crippen LogP contribution in [0.15, 0.2) is 23.1 Å². The summed E-state index contributed by atoms with van der Waals surface area (Å²) >= 11 is 5.98. The van der Waals surface area contributed by atoms with Crippen LogP contribution in [0.25, 0.3) is 17.2 Å². The third-order valence-corrected chi connectivity index (χ3v) is 7.98. The number of carbonyl (C=O) groups is 1. The monoisotopic (exact) mass is 487 g/mol. The molecule has 0 radical (unpaired) electrons. The number of thiocarbonyl (C=S) groups is 1. The Bertz CT molecular complexity index is 1230. The number of nitrogens with one attached hydrogen (secondary N) is 1. The lowest BCUT2D eigenvalue weighted by atomic mass is 9.62. The highest BCUT2D eigenvalue weighted by molar-refractivity contribution is 8.26. The molecule has 7 heteroatoms. The van der Waals surface area contributed by atoms with E-state index < -0.39 is 17.5 Å². The predicted octanol–water partition coefficient (Wildman–Crippen LogP) is 6.79. The topological polar surface area (TPSA) is 38.3 Å². The fraction of sp³-hybridized carbons (Fsp3) is 0.385. The van der Waals surface area contributed by atoms with Crippen LogP contribution in [-0.4, -0.2) is 17.3 Å². The van der Waals surface area contributed by atoms with E-state index in [1.54, 1.807) is 0 Å². The minimum Gasteiger partial charge on any atom is -0.496 e. The number of thioether (sulfide) groups is 1. The molecular formula is C26H27F2NO2S2. The molecule has 2 aromatic rings. The van der Waals surface area contributed by atoms with E-state index >= 15 is 4.39 Å². The number of amides is 1. The maximum Gasteiger partial charge on any atom is 0.263 e. The molecule has 1 N–H and O–H groups in total. The van der Waals surface area contributed by atoms with Crippen LogP contribution in [0.1, 0.15) is 62.8 Å². The normalized spacial score (nSPS) is 20.1. The summed E-state index contributed by atoms with van der Waals surface area (Å²) in [5, 5.41) is 2.47. The molecule has 1 fully saturated rings. The maximum absolute atomic E-state index is 16.0. The number of methoxy groups -OCH3 is 1. The first-order valence-corrected chi connectivity index (χ1v) is 12.0. The molecule has 0 unspecified atom stereocenters.